The summed E-state index contributed by atoms with van der Waals surface area (Å²) in [5, 5.41) is 2.88. The van der Waals surface area contributed by atoms with Gasteiger partial charge in [-0.25, -0.2) is 14.2 Å². The topological polar surface area (TPSA) is 70.2 Å². The van der Waals surface area contributed by atoms with Gasteiger partial charge >= 0.3 is 6.03 Å². The SMILES string of the molecule is CCOc1ccc(CNC(=O)N2CCCCC2c2ncc[nH]2)cc1F. The Balaban J connectivity index is 1.62. The lowest BCUT2D eigenvalue weighted by Crippen LogP contribution is -2.44. The summed E-state index contributed by atoms with van der Waals surface area (Å²) in [5.41, 5.74) is 0.695. The average molecular weight is 346 g/mol. The predicted octanol–water partition coefficient (Wildman–Crippen LogP) is 3.38. The molecule has 7 heteroatoms. The van der Waals surface area contributed by atoms with Crippen LogP contribution in [0.1, 0.15) is 43.6 Å². The van der Waals surface area contributed by atoms with E-state index in [0.29, 0.717) is 18.7 Å². The second kappa shape index (κ2) is 8.00. The Kier molecular flexibility index (Phi) is 5.53. The van der Waals surface area contributed by atoms with Gasteiger partial charge in [-0.1, -0.05) is 6.07 Å². The van der Waals surface area contributed by atoms with Crippen LogP contribution in [0.2, 0.25) is 0 Å². The monoisotopic (exact) mass is 346 g/mol. The number of hydrogen-bond acceptors (Lipinski definition) is 3. The zero-order valence-electron chi connectivity index (χ0n) is 14.3. The number of aromatic amines is 1. The van der Waals surface area contributed by atoms with E-state index in [-0.39, 0.29) is 24.4 Å². The molecular formula is C18H23FN4O2. The number of carbonyl (C=O) groups excluding carboxylic acids is 1. The molecule has 2 heterocycles. The maximum Gasteiger partial charge on any atom is 0.318 e. The number of imidazole rings is 1. The summed E-state index contributed by atoms with van der Waals surface area (Å²) in [6, 6.07) is 4.55. The maximum absolute atomic E-state index is 13.9. The van der Waals surface area contributed by atoms with Crippen LogP contribution in [-0.2, 0) is 6.54 Å². The lowest BCUT2D eigenvalue weighted by molar-refractivity contribution is 0.147. The molecule has 1 fully saturated rings. The maximum atomic E-state index is 13.9. The van der Waals surface area contributed by atoms with Gasteiger partial charge in [0.05, 0.1) is 12.6 Å². The molecule has 0 radical (unpaired) electrons. The van der Waals surface area contributed by atoms with E-state index in [0.717, 1.165) is 25.1 Å². The van der Waals surface area contributed by atoms with Crippen LogP contribution in [0, 0.1) is 5.82 Å². The number of amides is 2. The second-order valence-corrected chi connectivity index (χ2v) is 6.04. The van der Waals surface area contributed by atoms with E-state index >= 15 is 0 Å². The Labute approximate surface area is 146 Å². The third kappa shape index (κ3) is 4.10. The lowest BCUT2D eigenvalue weighted by atomic mass is 10.0. The first-order valence-corrected chi connectivity index (χ1v) is 8.64. The van der Waals surface area contributed by atoms with Crippen molar-refractivity contribution in [3.8, 4) is 5.75 Å². The molecule has 6 nitrogen and oxygen atoms in total. The molecule has 1 saturated heterocycles. The number of urea groups is 1. The third-order valence-corrected chi connectivity index (χ3v) is 4.34. The van der Waals surface area contributed by atoms with E-state index in [4.69, 9.17) is 4.74 Å². The molecule has 0 aliphatic carbocycles. The van der Waals surface area contributed by atoms with Gasteiger partial charge in [-0.15, -0.1) is 0 Å². The first kappa shape index (κ1) is 17.3. The second-order valence-electron chi connectivity index (χ2n) is 6.04. The van der Waals surface area contributed by atoms with Gasteiger partial charge < -0.3 is 19.9 Å². The summed E-state index contributed by atoms with van der Waals surface area (Å²) < 4.78 is 19.1. The number of likely N-dealkylation sites (tertiary alicyclic amines) is 1. The summed E-state index contributed by atoms with van der Waals surface area (Å²) >= 11 is 0. The fourth-order valence-electron chi connectivity index (χ4n) is 3.12. The van der Waals surface area contributed by atoms with Crippen molar-refractivity contribution in [2.45, 2.75) is 38.8 Å². The van der Waals surface area contributed by atoms with Gasteiger partial charge in [-0.3, -0.25) is 0 Å². The number of nitrogens with zero attached hydrogens (tertiary/aromatic N) is 2. The zero-order valence-corrected chi connectivity index (χ0v) is 14.3. The number of aromatic nitrogens is 2. The van der Waals surface area contributed by atoms with Gasteiger partial charge in [0.2, 0.25) is 0 Å². The molecule has 1 aromatic carbocycles. The van der Waals surface area contributed by atoms with Crippen LogP contribution in [-0.4, -0.2) is 34.1 Å². The highest BCUT2D eigenvalue weighted by Gasteiger charge is 2.29. The summed E-state index contributed by atoms with van der Waals surface area (Å²) in [4.78, 5) is 21.8. The molecule has 1 unspecified atom stereocenters. The van der Waals surface area contributed by atoms with E-state index in [1.165, 1.54) is 6.07 Å². The minimum Gasteiger partial charge on any atom is -0.491 e. The number of nitrogens with one attached hydrogen (secondary N) is 2. The smallest absolute Gasteiger partial charge is 0.318 e. The van der Waals surface area contributed by atoms with Gasteiger partial charge in [0, 0.05) is 25.5 Å². The average Bonchev–Trinajstić information content (AvgIpc) is 3.16. The Morgan fingerprint density at radius 3 is 3.08 bits per heavy atom. The van der Waals surface area contributed by atoms with Crippen molar-refractivity contribution in [3.63, 3.8) is 0 Å². The van der Waals surface area contributed by atoms with Crippen LogP contribution in [0.4, 0.5) is 9.18 Å². The normalized spacial score (nSPS) is 17.4. The first-order valence-electron chi connectivity index (χ1n) is 8.64. The predicted molar refractivity (Wildman–Crippen MR) is 91.7 cm³/mol. The van der Waals surface area contributed by atoms with Crippen molar-refractivity contribution >= 4 is 6.03 Å². The molecular weight excluding hydrogens is 323 g/mol. The standard InChI is InChI=1S/C18H23FN4O2/c1-2-25-16-7-6-13(11-14(16)19)12-22-18(24)23-10-4-3-5-15(23)17-20-8-9-21-17/h6-9,11,15H,2-5,10,12H2,1H3,(H,20,21)(H,22,24). The number of carbonyl (C=O) groups is 1. The van der Waals surface area contributed by atoms with Gasteiger partial charge in [0.15, 0.2) is 11.6 Å². The largest absolute Gasteiger partial charge is 0.491 e. The minimum absolute atomic E-state index is 0.0409. The molecule has 1 aliphatic rings. The summed E-state index contributed by atoms with van der Waals surface area (Å²) in [6.07, 6.45) is 6.39. The Morgan fingerprint density at radius 1 is 1.48 bits per heavy atom. The molecule has 25 heavy (non-hydrogen) atoms. The number of halogens is 1. The van der Waals surface area contributed by atoms with Crippen molar-refractivity contribution in [2.24, 2.45) is 0 Å². The lowest BCUT2D eigenvalue weighted by Gasteiger charge is -2.34. The van der Waals surface area contributed by atoms with Crippen LogP contribution in [0.3, 0.4) is 0 Å². The molecule has 0 bridgehead atoms. The fraction of sp³-hybridized carbons (Fsp3) is 0.444. The van der Waals surface area contributed by atoms with Gasteiger partial charge in [-0.05, 0) is 43.9 Å². The van der Waals surface area contributed by atoms with Gasteiger partial charge in [0.25, 0.3) is 0 Å². The molecule has 2 aromatic rings. The van der Waals surface area contributed by atoms with Crippen molar-refractivity contribution in [1.82, 2.24) is 20.2 Å². The highest BCUT2D eigenvalue weighted by Crippen LogP contribution is 2.28. The van der Waals surface area contributed by atoms with Crippen LogP contribution in [0.25, 0.3) is 0 Å². The molecule has 1 aromatic heterocycles. The van der Waals surface area contributed by atoms with Crippen LogP contribution < -0.4 is 10.1 Å². The molecule has 3 rings (SSSR count). The van der Waals surface area contributed by atoms with Crippen molar-refractivity contribution in [1.29, 1.82) is 0 Å². The number of rotatable bonds is 5. The molecule has 1 aliphatic heterocycles. The molecule has 0 spiro atoms. The summed E-state index contributed by atoms with van der Waals surface area (Å²) in [7, 11) is 0. The highest BCUT2D eigenvalue weighted by atomic mass is 19.1. The molecule has 0 saturated carbocycles. The van der Waals surface area contributed by atoms with Gasteiger partial charge in [-0.2, -0.15) is 0 Å². The van der Waals surface area contributed by atoms with E-state index in [2.05, 4.69) is 15.3 Å². The third-order valence-electron chi connectivity index (χ3n) is 4.34. The summed E-state index contributed by atoms with van der Waals surface area (Å²) in [6.45, 7) is 3.18. The quantitative estimate of drug-likeness (QED) is 0.872. The Morgan fingerprint density at radius 2 is 2.36 bits per heavy atom. The zero-order chi connectivity index (χ0) is 17.6. The molecule has 2 N–H and O–H groups in total. The van der Waals surface area contributed by atoms with Crippen molar-refractivity contribution in [2.75, 3.05) is 13.2 Å². The minimum atomic E-state index is -0.417. The number of H-pyrrole nitrogens is 1. The van der Waals surface area contributed by atoms with Crippen molar-refractivity contribution in [3.05, 3.63) is 47.8 Å². The summed E-state index contributed by atoms with van der Waals surface area (Å²) in [5.74, 6) is 0.619. The fourth-order valence-corrected chi connectivity index (χ4v) is 3.12. The molecule has 2 amide bonds. The van der Waals surface area contributed by atoms with E-state index in [1.54, 1.807) is 29.4 Å². The first-order chi connectivity index (χ1) is 12.2. The number of piperidine rings is 1. The number of hydrogen-bond donors (Lipinski definition) is 2. The van der Waals surface area contributed by atoms with E-state index < -0.39 is 5.82 Å². The molecule has 134 valence electrons. The van der Waals surface area contributed by atoms with Crippen LogP contribution in [0.15, 0.2) is 30.6 Å². The highest BCUT2D eigenvalue weighted by molar-refractivity contribution is 5.74. The van der Waals surface area contributed by atoms with E-state index in [9.17, 15) is 9.18 Å². The van der Waals surface area contributed by atoms with Crippen LogP contribution >= 0.6 is 0 Å². The van der Waals surface area contributed by atoms with Gasteiger partial charge in [0.1, 0.15) is 5.82 Å². The van der Waals surface area contributed by atoms with E-state index in [1.807, 2.05) is 6.92 Å². The number of ether oxygens (including phenoxy) is 1. The number of benzene rings is 1. The Bertz CT molecular complexity index is 705. The molecule has 1 atom stereocenters. The van der Waals surface area contributed by atoms with Crippen LogP contribution in [0.5, 0.6) is 5.75 Å². The van der Waals surface area contributed by atoms with Crippen molar-refractivity contribution < 1.29 is 13.9 Å². The Hall–Kier alpha value is -2.57.